The van der Waals surface area contributed by atoms with Crippen LogP contribution in [0.15, 0.2) is 0 Å². The molecule has 0 aliphatic rings. The third-order valence-electron chi connectivity index (χ3n) is 5.77. The number of phosphoric acid groups is 1. The summed E-state index contributed by atoms with van der Waals surface area (Å²) >= 11 is 0. The standard InChI is InChI=1S/C26H50O8P/c1-3-5-7-9-11-12-13-14-15-17-18-20-25(27)32-22-24(23-33-35(29,30)31)34-26(28)21-19-16-10-8-6-4-2/h24H,2-23H2,1H3,(H2,29,30,31)/q-1/t24-/m1/s1. The average molecular weight is 522 g/mol. The number of phosphoric ester groups is 1. The summed E-state index contributed by atoms with van der Waals surface area (Å²) in [5.74, 6) is -0.911. The van der Waals surface area contributed by atoms with E-state index >= 15 is 0 Å². The highest BCUT2D eigenvalue weighted by atomic mass is 31.2. The summed E-state index contributed by atoms with van der Waals surface area (Å²) in [6.45, 7) is 5.20. The Morgan fingerprint density at radius 2 is 1.17 bits per heavy atom. The van der Waals surface area contributed by atoms with E-state index < -0.39 is 32.5 Å². The van der Waals surface area contributed by atoms with Crippen molar-refractivity contribution >= 4 is 19.8 Å². The molecule has 0 bridgehead atoms. The van der Waals surface area contributed by atoms with Crippen molar-refractivity contribution in [1.29, 1.82) is 0 Å². The summed E-state index contributed by atoms with van der Waals surface area (Å²) in [6, 6.07) is 0. The number of hydrogen-bond donors (Lipinski definition) is 2. The van der Waals surface area contributed by atoms with Crippen LogP contribution in [0.5, 0.6) is 0 Å². The zero-order valence-electron chi connectivity index (χ0n) is 21.9. The number of unbranched alkanes of at least 4 members (excludes halogenated alkanes) is 15. The fraction of sp³-hybridized carbons (Fsp3) is 0.885. The van der Waals surface area contributed by atoms with Crippen LogP contribution in [0, 0.1) is 6.92 Å². The smallest absolute Gasteiger partial charge is 0.462 e. The van der Waals surface area contributed by atoms with E-state index in [1.807, 2.05) is 0 Å². The molecular formula is C26H50O8P-. The van der Waals surface area contributed by atoms with Crippen LogP contribution in [-0.2, 0) is 28.2 Å². The second-order valence-corrected chi connectivity index (χ2v) is 10.5. The molecule has 0 radical (unpaired) electrons. The van der Waals surface area contributed by atoms with Crippen molar-refractivity contribution in [2.75, 3.05) is 13.2 Å². The van der Waals surface area contributed by atoms with E-state index in [1.54, 1.807) is 0 Å². The Bertz CT molecular complexity index is 564. The summed E-state index contributed by atoms with van der Waals surface area (Å²) in [5.41, 5.74) is 0. The Labute approximate surface area is 213 Å². The molecule has 0 aromatic heterocycles. The highest BCUT2D eigenvalue weighted by molar-refractivity contribution is 7.46. The van der Waals surface area contributed by atoms with Gasteiger partial charge < -0.3 is 26.2 Å². The van der Waals surface area contributed by atoms with Crippen LogP contribution in [-0.4, -0.2) is 41.0 Å². The van der Waals surface area contributed by atoms with Gasteiger partial charge in [0.1, 0.15) is 6.61 Å². The first-order valence-corrected chi connectivity index (χ1v) is 15.2. The lowest BCUT2D eigenvalue weighted by atomic mass is 10.1. The molecule has 0 saturated heterocycles. The number of ether oxygens (including phenoxy) is 2. The number of carbonyl (C=O) groups excluding carboxylic acids is 2. The van der Waals surface area contributed by atoms with E-state index in [9.17, 15) is 14.2 Å². The maximum Gasteiger partial charge on any atom is 0.469 e. The molecule has 1 atom stereocenters. The molecule has 0 unspecified atom stereocenters. The minimum Gasteiger partial charge on any atom is -0.462 e. The molecule has 208 valence electrons. The third-order valence-corrected chi connectivity index (χ3v) is 6.26. The van der Waals surface area contributed by atoms with Gasteiger partial charge in [0.2, 0.25) is 0 Å². The van der Waals surface area contributed by atoms with Gasteiger partial charge in [0, 0.05) is 12.8 Å². The quantitative estimate of drug-likeness (QED) is 0.0581. The van der Waals surface area contributed by atoms with Crippen LogP contribution in [0.1, 0.15) is 129 Å². The zero-order valence-corrected chi connectivity index (χ0v) is 22.8. The lowest BCUT2D eigenvalue weighted by Gasteiger charge is -2.18. The first-order valence-electron chi connectivity index (χ1n) is 13.6. The Kier molecular flexibility index (Phi) is 22.8. The molecule has 9 heteroatoms. The molecule has 0 fully saturated rings. The lowest BCUT2D eigenvalue weighted by Crippen LogP contribution is -2.29. The van der Waals surface area contributed by atoms with E-state index in [0.29, 0.717) is 6.42 Å². The molecule has 0 amide bonds. The molecule has 0 heterocycles. The van der Waals surface area contributed by atoms with Gasteiger partial charge in [-0.15, -0.1) is 0 Å². The lowest BCUT2D eigenvalue weighted by molar-refractivity contribution is -0.161. The Hall–Kier alpha value is -0.950. The normalized spacial score (nSPS) is 12.5. The van der Waals surface area contributed by atoms with Gasteiger partial charge in [0.05, 0.1) is 6.61 Å². The molecule has 0 aromatic rings. The van der Waals surface area contributed by atoms with Crippen molar-refractivity contribution in [2.24, 2.45) is 0 Å². The molecule has 35 heavy (non-hydrogen) atoms. The van der Waals surface area contributed by atoms with E-state index in [1.165, 1.54) is 51.4 Å². The minimum absolute atomic E-state index is 0.198. The number of hydrogen-bond acceptors (Lipinski definition) is 6. The SMILES string of the molecule is [CH2-]CCCCCCCC(=O)O[C@H](COC(=O)CCCCCCCCCCCCC)COP(=O)(O)O. The fourth-order valence-corrected chi connectivity index (χ4v) is 4.07. The van der Waals surface area contributed by atoms with Gasteiger partial charge in [-0.05, 0) is 12.8 Å². The summed E-state index contributed by atoms with van der Waals surface area (Å²) in [4.78, 5) is 42.0. The first-order chi connectivity index (χ1) is 16.8. The van der Waals surface area contributed by atoms with Gasteiger partial charge >= 0.3 is 19.8 Å². The van der Waals surface area contributed by atoms with Crippen LogP contribution in [0.25, 0.3) is 0 Å². The molecule has 8 nitrogen and oxygen atoms in total. The highest BCUT2D eigenvalue weighted by Gasteiger charge is 2.22. The van der Waals surface area contributed by atoms with Crippen LogP contribution < -0.4 is 0 Å². The first kappa shape index (κ1) is 34.0. The van der Waals surface area contributed by atoms with Crippen molar-refractivity contribution in [3.8, 4) is 0 Å². The van der Waals surface area contributed by atoms with E-state index in [-0.39, 0.29) is 19.4 Å². The number of carbonyl (C=O) groups is 2. The predicted molar refractivity (Wildman–Crippen MR) is 138 cm³/mol. The largest absolute Gasteiger partial charge is 0.469 e. The van der Waals surface area contributed by atoms with Crippen molar-refractivity contribution in [2.45, 2.75) is 135 Å². The van der Waals surface area contributed by atoms with Crippen molar-refractivity contribution in [3.63, 3.8) is 0 Å². The van der Waals surface area contributed by atoms with Crippen molar-refractivity contribution in [3.05, 3.63) is 6.92 Å². The second kappa shape index (κ2) is 23.4. The summed E-state index contributed by atoms with van der Waals surface area (Å²) in [5, 5.41) is 0. The highest BCUT2D eigenvalue weighted by Crippen LogP contribution is 2.35. The summed E-state index contributed by atoms with van der Waals surface area (Å²) < 4.78 is 25.9. The van der Waals surface area contributed by atoms with Gasteiger partial charge in [-0.1, -0.05) is 96.8 Å². The number of esters is 2. The Balaban J connectivity index is 4.04. The maximum absolute atomic E-state index is 12.1. The summed E-state index contributed by atoms with van der Waals surface area (Å²) in [6.07, 6.45) is 18.1. The maximum atomic E-state index is 12.1. The fourth-order valence-electron chi connectivity index (χ4n) is 3.71. The minimum atomic E-state index is -4.73. The Morgan fingerprint density at radius 1 is 0.714 bits per heavy atom. The third kappa shape index (κ3) is 25.9. The van der Waals surface area contributed by atoms with Gasteiger partial charge in [-0.2, -0.15) is 6.42 Å². The van der Waals surface area contributed by atoms with Gasteiger partial charge in [-0.25, -0.2) is 4.57 Å². The predicted octanol–water partition coefficient (Wildman–Crippen LogP) is 6.82. The van der Waals surface area contributed by atoms with Crippen LogP contribution >= 0.6 is 7.82 Å². The second-order valence-electron chi connectivity index (χ2n) is 9.24. The van der Waals surface area contributed by atoms with Gasteiger partial charge in [-0.3, -0.25) is 14.1 Å². The molecule has 0 aliphatic carbocycles. The van der Waals surface area contributed by atoms with Crippen molar-refractivity contribution < 1.29 is 37.9 Å². The molecule has 0 rings (SSSR count). The monoisotopic (exact) mass is 521 g/mol. The van der Waals surface area contributed by atoms with Gasteiger partial charge in [0.15, 0.2) is 6.10 Å². The molecule has 0 saturated carbocycles. The number of rotatable bonds is 25. The summed E-state index contributed by atoms with van der Waals surface area (Å²) in [7, 11) is -4.73. The van der Waals surface area contributed by atoms with Crippen LogP contribution in [0.3, 0.4) is 0 Å². The topological polar surface area (TPSA) is 119 Å². The van der Waals surface area contributed by atoms with E-state index in [0.717, 1.165) is 51.4 Å². The molecule has 0 spiro atoms. The Morgan fingerprint density at radius 3 is 1.66 bits per heavy atom. The van der Waals surface area contributed by atoms with Crippen molar-refractivity contribution in [1.82, 2.24) is 0 Å². The molecule has 0 aliphatic heterocycles. The van der Waals surface area contributed by atoms with Gasteiger partial charge in [0.25, 0.3) is 0 Å². The van der Waals surface area contributed by atoms with E-state index in [4.69, 9.17) is 19.3 Å². The van der Waals surface area contributed by atoms with E-state index in [2.05, 4.69) is 18.4 Å². The molecule has 2 N–H and O–H groups in total. The van der Waals surface area contributed by atoms with Crippen LogP contribution in [0.4, 0.5) is 0 Å². The zero-order chi connectivity index (χ0) is 26.2. The average Bonchev–Trinajstić information content (AvgIpc) is 2.81. The molecular weight excluding hydrogens is 471 g/mol. The van der Waals surface area contributed by atoms with Crippen LogP contribution in [0.2, 0.25) is 0 Å². The molecule has 0 aromatic carbocycles.